The minimum absolute atomic E-state index is 0.0409. The topological polar surface area (TPSA) is 35.5 Å². The van der Waals surface area contributed by atoms with Crippen LogP contribution in [0.15, 0.2) is 0 Å². The molecule has 0 aliphatic heterocycles. The number of rotatable bonds is 9. The first-order valence-electron chi connectivity index (χ1n) is 6.45. The van der Waals surface area contributed by atoms with E-state index in [-0.39, 0.29) is 18.2 Å². The molecule has 0 saturated carbocycles. The molecule has 0 radical (unpaired) electrons. The molecule has 0 aromatic rings. The van der Waals surface area contributed by atoms with E-state index in [0.717, 1.165) is 32.3 Å². The summed E-state index contributed by atoms with van der Waals surface area (Å²) < 4.78 is 10.9. The van der Waals surface area contributed by atoms with E-state index in [2.05, 4.69) is 13.8 Å². The predicted molar refractivity (Wildman–Crippen MR) is 65.4 cm³/mol. The highest BCUT2D eigenvalue weighted by molar-refractivity contribution is 5.69. The third-order valence-electron chi connectivity index (χ3n) is 2.39. The Morgan fingerprint density at radius 1 is 1.19 bits per heavy atom. The largest absolute Gasteiger partial charge is 0.463 e. The SMILES string of the molecule is CCCOC(CC)CC(C)OC(=O)CCC. The standard InChI is InChI=1S/C13H26O3/c1-5-8-13(14)16-11(4)10-12(7-3)15-9-6-2/h11-12H,5-10H2,1-4H3. The second-order valence-corrected chi connectivity index (χ2v) is 4.19. The number of hydrogen-bond donors (Lipinski definition) is 0. The molecule has 0 fully saturated rings. The van der Waals surface area contributed by atoms with Crippen molar-refractivity contribution in [2.45, 2.75) is 72.0 Å². The van der Waals surface area contributed by atoms with Crippen LogP contribution in [0.5, 0.6) is 0 Å². The maximum atomic E-state index is 11.3. The Morgan fingerprint density at radius 2 is 1.88 bits per heavy atom. The molecule has 0 bridgehead atoms. The van der Waals surface area contributed by atoms with Gasteiger partial charge in [-0.1, -0.05) is 20.8 Å². The van der Waals surface area contributed by atoms with Crippen LogP contribution < -0.4 is 0 Å². The minimum Gasteiger partial charge on any atom is -0.463 e. The molecule has 0 amide bonds. The van der Waals surface area contributed by atoms with Gasteiger partial charge in [0.05, 0.1) is 6.10 Å². The van der Waals surface area contributed by atoms with Crippen LogP contribution in [0.4, 0.5) is 0 Å². The van der Waals surface area contributed by atoms with Crippen LogP contribution in [0.25, 0.3) is 0 Å². The summed E-state index contributed by atoms with van der Waals surface area (Å²) in [5.41, 5.74) is 0. The van der Waals surface area contributed by atoms with Gasteiger partial charge in [-0.2, -0.15) is 0 Å². The predicted octanol–water partition coefficient (Wildman–Crippen LogP) is 3.31. The summed E-state index contributed by atoms with van der Waals surface area (Å²) >= 11 is 0. The molecule has 16 heavy (non-hydrogen) atoms. The molecule has 0 N–H and O–H groups in total. The summed E-state index contributed by atoms with van der Waals surface area (Å²) in [5.74, 6) is -0.0969. The van der Waals surface area contributed by atoms with E-state index < -0.39 is 0 Å². The maximum absolute atomic E-state index is 11.3. The fraction of sp³-hybridized carbons (Fsp3) is 0.923. The Kier molecular flexibility index (Phi) is 9.30. The molecule has 96 valence electrons. The van der Waals surface area contributed by atoms with Gasteiger partial charge in [-0.25, -0.2) is 0 Å². The Morgan fingerprint density at radius 3 is 2.38 bits per heavy atom. The molecule has 2 atom stereocenters. The van der Waals surface area contributed by atoms with E-state index in [1.807, 2.05) is 13.8 Å². The molecule has 0 aromatic carbocycles. The molecule has 0 heterocycles. The zero-order chi connectivity index (χ0) is 12.4. The fourth-order valence-corrected chi connectivity index (χ4v) is 1.54. The lowest BCUT2D eigenvalue weighted by molar-refractivity contribution is -0.150. The summed E-state index contributed by atoms with van der Waals surface area (Å²) in [4.78, 5) is 11.3. The van der Waals surface area contributed by atoms with Crippen molar-refractivity contribution in [1.82, 2.24) is 0 Å². The van der Waals surface area contributed by atoms with Crippen LogP contribution in [-0.2, 0) is 14.3 Å². The third-order valence-corrected chi connectivity index (χ3v) is 2.39. The van der Waals surface area contributed by atoms with Gasteiger partial charge in [0.15, 0.2) is 0 Å². The highest BCUT2D eigenvalue weighted by Gasteiger charge is 2.15. The number of carbonyl (C=O) groups excluding carboxylic acids is 1. The van der Waals surface area contributed by atoms with Crippen molar-refractivity contribution in [3.05, 3.63) is 0 Å². The minimum atomic E-state index is -0.0969. The zero-order valence-corrected chi connectivity index (χ0v) is 11.1. The molecule has 3 heteroatoms. The van der Waals surface area contributed by atoms with Gasteiger partial charge in [0.1, 0.15) is 6.10 Å². The summed E-state index contributed by atoms with van der Waals surface area (Å²) in [5, 5.41) is 0. The van der Waals surface area contributed by atoms with Gasteiger partial charge >= 0.3 is 5.97 Å². The van der Waals surface area contributed by atoms with Crippen LogP contribution in [0, 0.1) is 0 Å². The second kappa shape index (κ2) is 9.64. The van der Waals surface area contributed by atoms with Gasteiger partial charge in [0.25, 0.3) is 0 Å². The fourth-order valence-electron chi connectivity index (χ4n) is 1.54. The average molecular weight is 230 g/mol. The molecule has 0 saturated heterocycles. The quantitative estimate of drug-likeness (QED) is 0.570. The lowest BCUT2D eigenvalue weighted by atomic mass is 10.1. The first-order valence-corrected chi connectivity index (χ1v) is 6.45. The third kappa shape index (κ3) is 7.69. The second-order valence-electron chi connectivity index (χ2n) is 4.19. The number of ether oxygens (including phenoxy) is 2. The highest BCUT2D eigenvalue weighted by Crippen LogP contribution is 2.11. The van der Waals surface area contributed by atoms with Crippen molar-refractivity contribution < 1.29 is 14.3 Å². The number of esters is 1. The normalized spacial score (nSPS) is 14.5. The van der Waals surface area contributed by atoms with Crippen LogP contribution in [-0.4, -0.2) is 24.8 Å². The Balaban J connectivity index is 3.81. The van der Waals surface area contributed by atoms with E-state index in [1.54, 1.807) is 0 Å². The Hall–Kier alpha value is -0.570. The van der Waals surface area contributed by atoms with E-state index in [9.17, 15) is 4.79 Å². The van der Waals surface area contributed by atoms with Crippen molar-refractivity contribution in [3.63, 3.8) is 0 Å². The maximum Gasteiger partial charge on any atom is 0.306 e. The zero-order valence-electron chi connectivity index (χ0n) is 11.1. The van der Waals surface area contributed by atoms with Crippen molar-refractivity contribution >= 4 is 5.97 Å². The molecular formula is C13H26O3. The van der Waals surface area contributed by atoms with Crippen molar-refractivity contribution in [3.8, 4) is 0 Å². The molecule has 0 aliphatic rings. The van der Waals surface area contributed by atoms with Crippen molar-refractivity contribution in [1.29, 1.82) is 0 Å². The summed E-state index contributed by atoms with van der Waals surface area (Å²) in [7, 11) is 0. The Labute approximate surface area is 99.5 Å². The Bertz CT molecular complexity index is 180. The van der Waals surface area contributed by atoms with Gasteiger partial charge in [0.2, 0.25) is 0 Å². The van der Waals surface area contributed by atoms with E-state index in [0.29, 0.717) is 6.42 Å². The summed E-state index contributed by atoms with van der Waals surface area (Å²) in [6.07, 6.45) is 4.32. The highest BCUT2D eigenvalue weighted by atomic mass is 16.5. The van der Waals surface area contributed by atoms with Gasteiger partial charge in [-0.15, -0.1) is 0 Å². The first-order chi connectivity index (χ1) is 7.63. The van der Waals surface area contributed by atoms with Gasteiger partial charge in [0, 0.05) is 19.4 Å². The molecule has 2 unspecified atom stereocenters. The molecule has 0 aliphatic carbocycles. The van der Waals surface area contributed by atoms with Gasteiger partial charge < -0.3 is 9.47 Å². The average Bonchev–Trinajstić information content (AvgIpc) is 2.24. The van der Waals surface area contributed by atoms with Crippen LogP contribution in [0.1, 0.15) is 59.8 Å². The lowest BCUT2D eigenvalue weighted by Crippen LogP contribution is -2.23. The van der Waals surface area contributed by atoms with Gasteiger partial charge in [-0.3, -0.25) is 4.79 Å². The molecule has 3 nitrogen and oxygen atoms in total. The summed E-state index contributed by atoms with van der Waals surface area (Å²) in [6.45, 7) is 8.89. The smallest absolute Gasteiger partial charge is 0.306 e. The van der Waals surface area contributed by atoms with Crippen molar-refractivity contribution in [2.75, 3.05) is 6.61 Å². The van der Waals surface area contributed by atoms with E-state index in [4.69, 9.17) is 9.47 Å². The van der Waals surface area contributed by atoms with E-state index in [1.165, 1.54) is 0 Å². The van der Waals surface area contributed by atoms with E-state index >= 15 is 0 Å². The van der Waals surface area contributed by atoms with Crippen LogP contribution in [0.3, 0.4) is 0 Å². The van der Waals surface area contributed by atoms with Crippen LogP contribution >= 0.6 is 0 Å². The number of carbonyl (C=O) groups is 1. The molecular weight excluding hydrogens is 204 g/mol. The first kappa shape index (κ1) is 15.4. The lowest BCUT2D eigenvalue weighted by Gasteiger charge is -2.20. The van der Waals surface area contributed by atoms with Crippen LogP contribution in [0.2, 0.25) is 0 Å². The molecule has 0 aromatic heterocycles. The number of hydrogen-bond acceptors (Lipinski definition) is 3. The molecule has 0 spiro atoms. The van der Waals surface area contributed by atoms with Crippen molar-refractivity contribution in [2.24, 2.45) is 0 Å². The monoisotopic (exact) mass is 230 g/mol. The van der Waals surface area contributed by atoms with Gasteiger partial charge in [-0.05, 0) is 26.2 Å². The summed E-state index contributed by atoms with van der Waals surface area (Å²) in [6, 6.07) is 0. The molecule has 0 rings (SSSR count).